The van der Waals surface area contributed by atoms with Crippen LogP contribution in [-0.2, 0) is 9.59 Å². The number of benzene rings is 3. The summed E-state index contributed by atoms with van der Waals surface area (Å²) in [5.41, 5.74) is 7.49. The molecule has 178 valence electrons. The summed E-state index contributed by atoms with van der Waals surface area (Å²) in [5, 5.41) is 0. The Labute approximate surface area is 209 Å². The SMILES string of the molecule is Cc1ccc(C(=C2[C@@H]3C=C[C@@H]2[C@H]2C(=O)N(c4ccc5c(c4)OCO5)C(=O)[C@@H]23)c2ccc(C)cc2)cc1. The number of carbonyl (C=O) groups excluding carboxylic acids is 2. The van der Waals surface area contributed by atoms with E-state index < -0.39 is 0 Å². The van der Waals surface area contributed by atoms with Crippen LogP contribution in [0.4, 0.5) is 5.69 Å². The van der Waals surface area contributed by atoms with Gasteiger partial charge in [0.25, 0.3) is 0 Å². The fourth-order valence-electron chi connectivity index (χ4n) is 6.32. The highest BCUT2D eigenvalue weighted by atomic mass is 16.7. The van der Waals surface area contributed by atoms with Crippen molar-refractivity contribution in [2.24, 2.45) is 23.7 Å². The van der Waals surface area contributed by atoms with Crippen molar-refractivity contribution in [3.8, 4) is 11.5 Å². The van der Waals surface area contributed by atoms with Crippen molar-refractivity contribution in [3.05, 3.63) is 107 Å². The van der Waals surface area contributed by atoms with Crippen LogP contribution in [0.25, 0.3) is 5.57 Å². The van der Waals surface area contributed by atoms with Gasteiger partial charge in [-0.25, -0.2) is 4.90 Å². The zero-order valence-electron chi connectivity index (χ0n) is 20.1. The maximum absolute atomic E-state index is 13.8. The molecule has 1 saturated heterocycles. The van der Waals surface area contributed by atoms with Gasteiger partial charge in [0.1, 0.15) is 0 Å². The molecule has 2 fully saturated rings. The zero-order valence-corrected chi connectivity index (χ0v) is 20.1. The summed E-state index contributed by atoms with van der Waals surface area (Å²) >= 11 is 0. The van der Waals surface area contributed by atoms with Gasteiger partial charge in [-0.05, 0) is 48.3 Å². The first-order valence-corrected chi connectivity index (χ1v) is 12.4. The molecule has 0 unspecified atom stereocenters. The van der Waals surface area contributed by atoms with Crippen LogP contribution >= 0.6 is 0 Å². The van der Waals surface area contributed by atoms with E-state index in [2.05, 4.69) is 74.5 Å². The molecule has 0 radical (unpaired) electrons. The van der Waals surface area contributed by atoms with E-state index in [1.807, 2.05) is 0 Å². The second-order valence-electron chi connectivity index (χ2n) is 10.1. The van der Waals surface area contributed by atoms with Gasteiger partial charge in [0, 0.05) is 17.9 Å². The molecule has 0 N–H and O–H groups in total. The summed E-state index contributed by atoms with van der Waals surface area (Å²) in [7, 11) is 0. The van der Waals surface area contributed by atoms with Crippen LogP contribution in [0.5, 0.6) is 11.5 Å². The van der Waals surface area contributed by atoms with Crippen molar-refractivity contribution < 1.29 is 19.1 Å². The summed E-state index contributed by atoms with van der Waals surface area (Å²) in [5.74, 6) is -0.0618. The fraction of sp³-hybridized carbons (Fsp3) is 0.226. The summed E-state index contributed by atoms with van der Waals surface area (Å²) in [4.78, 5) is 28.9. The lowest BCUT2D eigenvalue weighted by molar-refractivity contribution is -0.122. The lowest BCUT2D eigenvalue weighted by atomic mass is 9.85. The highest BCUT2D eigenvalue weighted by Gasteiger charge is 2.62. The average Bonchev–Trinajstić information content (AvgIpc) is 3.64. The van der Waals surface area contributed by atoms with E-state index in [-0.39, 0.29) is 42.3 Å². The first-order valence-electron chi connectivity index (χ1n) is 12.4. The van der Waals surface area contributed by atoms with Crippen molar-refractivity contribution in [3.63, 3.8) is 0 Å². The molecule has 2 aliphatic carbocycles. The molecule has 2 heterocycles. The molecule has 4 atom stereocenters. The molecule has 3 aromatic rings. The number of hydrogen-bond donors (Lipinski definition) is 0. The van der Waals surface area contributed by atoms with Gasteiger partial charge >= 0.3 is 0 Å². The van der Waals surface area contributed by atoms with Crippen molar-refractivity contribution >= 4 is 23.1 Å². The minimum Gasteiger partial charge on any atom is -0.454 e. The van der Waals surface area contributed by atoms with Crippen LogP contribution in [-0.4, -0.2) is 18.6 Å². The molecular formula is C31H25NO4. The lowest BCUT2D eigenvalue weighted by Crippen LogP contribution is -2.33. The Kier molecular flexibility index (Phi) is 4.53. The summed E-state index contributed by atoms with van der Waals surface area (Å²) in [6.45, 7) is 4.31. The van der Waals surface area contributed by atoms with Crippen molar-refractivity contribution in [1.29, 1.82) is 0 Å². The number of hydrogen-bond acceptors (Lipinski definition) is 4. The second kappa shape index (κ2) is 7.69. The highest BCUT2D eigenvalue weighted by Crippen LogP contribution is 2.59. The van der Waals surface area contributed by atoms with E-state index in [9.17, 15) is 9.59 Å². The summed E-state index contributed by atoms with van der Waals surface area (Å²) in [6.07, 6.45) is 4.27. The third-order valence-corrected chi connectivity index (χ3v) is 8.00. The van der Waals surface area contributed by atoms with E-state index >= 15 is 0 Å². The Hall–Kier alpha value is -4.12. The van der Waals surface area contributed by atoms with Crippen LogP contribution in [0.2, 0.25) is 0 Å². The van der Waals surface area contributed by atoms with Gasteiger partial charge in [-0.3, -0.25) is 9.59 Å². The number of rotatable bonds is 3. The van der Waals surface area contributed by atoms with E-state index in [1.165, 1.54) is 21.6 Å². The smallest absolute Gasteiger partial charge is 0.238 e. The van der Waals surface area contributed by atoms with Crippen LogP contribution in [0.3, 0.4) is 0 Å². The van der Waals surface area contributed by atoms with Crippen molar-refractivity contribution in [2.45, 2.75) is 13.8 Å². The standard InChI is InChI=1S/C31H25NO4/c1-17-3-7-19(8-4-17)26(20-9-5-18(2)6-10-20)27-22-12-13-23(27)29-28(22)30(33)32(31(29)34)21-11-14-24-25(15-21)36-16-35-24/h3-15,22-23,28-29H,16H2,1-2H3/t22-,23-,28+,29+/m0/s1. The Bertz CT molecular complexity index is 1400. The van der Waals surface area contributed by atoms with E-state index in [0.717, 1.165) is 16.7 Å². The maximum Gasteiger partial charge on any atom is 0.238 e. The molecule has 2 amide bonds. The molecular weight excluding hydrogens is 450 g/mol. The number of ether oxygens (including phenoxy) is 2. The van der Waals surface area contributed by atoms with E-state index in [0.29, 0.717) is 17.2 Å². The number of nitrogens with zero attached hydrogens (tertiary/aromatic N) is 1. The van der Waals surface area contributed by atoms with E-state index in [1.54, 1.807) is 18.2 Å². The number of aryl methyl sites for hydroxylation is 2. The third kappa shape index (κ3) is 2.95. The lowest BCUT2D eigenvalue weighted by Gasteiger charge is -2.22. The van der Waals surface area contributed by atoms with Gasteiger partial charge in [0.15, 0.2) is 11.5 Å². The van der Waals surface area contributed by atoms with Gasteiger partial charge < -0.3 is 9.47 Å². The number of amides is 2. The third-order valence-electron chi connectivity index (χ3n) is 8.00. The molecule has 0 aromatic heterocycles. The largest absolute Gasteiger partial charge is 0.454 e. The Balaban J connectivity index is 1.34. The average molecular weight is 476 g/mol. The van der Waals surface area contributed by atoms with E-state index in [4.69, 9.17) is 9.47 Å². The number of anilines is 1. The van der Waals surface area contributed by atoms with Gasteiger partial charge in [-0.2, -0.15) is 0 Å². The fourth-order valence-corrected chi connectivity index (χ4v) is 6.32. The normalized spacial score (nSPS) is 25.2. The molecule has 1 saturated carbocycles. The quantitative estimate of drug-likeness (QED) is 0.373. The van der Waals surface area contributed by atoms with Crippen LogP contribution in [0.15, 0.2) is 84.5 Å². The predicted molar refractivity (Wildman–Crippen MR) is 137 cm³/mol. The summed E-state index contributed by atoms with van der Waals surface area (Å²) in [6, 6.07) is 22.3. The first kappa shape index (κ1) is 21.2. The number of imide groups is 1. The molecule has 3 aromatic carbocycles. The molecule has 4 aliphatic rings. The van der Waals surface area contributed by atoms with Crippen LogP contribution in [0.1, 0.15) is 22.3 Å². The number of carbonyl (C=O) groups is 2. The molecule has 36 heavy (non-hydrogen) atoms. The number of fused-ring (bicyclic) bond motifs is 6. The Morgan fingerprint density at radius 3 is 1.81 bits per heavy atom. The van der Waals surface area contributed by atoms with Crippen molar-refractivity contribution in [2.75, 3.05) is 11.7 Å². The maximum atomic E-state index is 13.8. The van der Waals surface area contributed by atoms with Gasteiger partial charge in [-0.15, -0.1) is 0 Å². The van der Waals surface area contributed by atoms with Gasteiger partial charge in [0.2, 0.25) is 18.6 Å². The highest BCUT2D eigenvalue weighted by molar-refractivity contribution is 6.23. The minimum absolute atomic E-state index is 0.104. The number of allylic oxidation sites excluding steroid dienone is 3. The predicted octanol–water partition coefficient (Wildman–Crippen LogP) is 5.46. The van der Waals surface area contributed by atoms with Gasteiger partial charge in [-0.1, -0.05) is 71.8 Å². The first-order chi connectivity index (χ1) is 17.5. The van der Waals surface area contributed by atoms with Crippen LogP contribution < -0.4 is 14.4 Å². The molecule has 5 heteroatoms. The van der Waals surface area contributed by atoms with Crippen molar-refractivity contribution in [1.82, 2.24) is 0 Å². The van der Waals surface area contributed by atoms with Crippen LogP contribution in [0, 0.1) is 37.5 Å². The second-order valence-corrected chi connectivity index (χ2v) is 10.1. The zero-order chi connectivity index (χ0) is 24.6. The Morgan fingerprint density at radius 2 is 1.25 bits per heavy atom. The monoisotopic (exact) mass is 475 g/mol. The summed E-state index contributed by atoms with van der Waals surface area (Å²) < 4.78 is 10.9. The van der Waals surface area contributed by atoms with Gasteiger partial charge in [0.05, 0.1) is 17.5 Å². The topological polar surface area (TPSA) is 55.8 Å². The molecule has 5 nitrogen and oxygen atoms in total. The molecule has 7 rings (SSSR count). The molecule has 0 spiro atoms. The molecule has 2 aliphatic heterocycles. The Morgan fingerprint density at radius 1 is 0.722 bits per heavy atom. The molecule has 2 bridgehead atoms. The minimum atomic E-state index is -0.390.